The van der Waals surface area contributed by atoms with Gasteiger partial charge in [-0.3, -0.25) is 0 Å². The molecule has 0 bridgehead atoms. The van der Waals surface area contributed by atoms with Crippen molar-refractivity contribution in [2.75, 3.05) is 19.4 Å². The zero-order valence-corrected chi connectivity index (χ0v) is 14.5. The Hall–Kier alpha value is -0.130. The number of ether oxygens (including phenoxy) is 1. The first-order valence-electron chi connectivity index (χ1n) is 8.43. The quantitative estimate of drug-likeness (QED) is 0.846. The average Bonchev–Trinajstić information content (AvgIpc) is 2.44. The minimum atomic E-state index is -2.93. The second-order valence-electron chi connectivity index (χ2n) is 7.03. The van der Waals surface area contributed by atoms with Gasteiger partial charge in [0.1, 0.15) is 9.84 Å². The molecule has 0 aromatic heterocycles. The Kier molecular flexibility index (Phi) is 5.71. The van der Waals surface area contributed by atoms with Gasteiger partial charge in [-0.1, -0.05) is 13.3 Å². The largest absolute Gasteiger partial charge is 0.374 e. The van der Waals surface area contributed by atoms with Gasteiger partial charge in [-0.15, -0.1) is 0 Å². The van der Waals surface area contributed by atoms with Crippen LogP contribution in [0.3, 0.4) is 0 Å². The number of likely N-dealkylation sites (N-methyl/N-ethyl adjacent to an activating group) is 1. The Bertz CT molecular complexity index is 429. The number of rotatable bonds is 5. The molecule has 21 heavy (non-hydrogen) atoms. The SMILES string of the molecule is CCNC(C1CCCC(S(C)(=O)=O)C1)C1(C)CCCCO1. The summed E-state index contributed by atoms with van der Waals surface area (Å²) in [7, 11) is -2.93. The zero-order chi connectivity index (χ0) is 15.5. The van der Waals surface area contributed by atoms with Gasteiger partial charge in [-0.05, 0) is 57.9 Å². The third-order valence-electron chi connectivity index (χ3n) is 5.32. The van der Waals surface area contributed by atoms with Crippen LogP contribution in [0.5, 0.6) is 0 Å². The highest BCUT2D eigenvalue weighted by Gasteiger charge is 2.43. The van der Waals surface area contributed by atoms with Crippen LogP contribution in [0, 0.1) is 5.92 Å². The van der Waals surface area contributed by atoms with Gasteiger partial charge in [-0.2, -0.15) is 0 Å². The molecule has 0 aromatic rings. The van der Waals surface area contributed by atoms with E-state index in [-0.39, 0.29) is 16.9 Å². The third-order valence-corrected chi connectivity index (χ3v) is 6.96. The van der Waals surface area contributed by atoms with E-state index in [1.165, 1.54) is 12.7 Å². The van der Waals surface area contributed by atoms with Crippen LogP contribution in [0.15, 0.2) is 0 Å². The summed E-state index contributed by atoms with van der Waals surface area (Å²) in [6, 6.07) is 0.271. The van der Waals surface area contributed by atoms with Gasteiger partial charge in [0.2, 0.25) is 0 Å². The Morgan fingerprint density at radius 3 is 2.62 bits per heavy atom. The van der Waals surface area contributed by atoms with Crippen molar-refractivity contribution in [1.29, 1.82) is 0 Å². The number of sulfone groups is 1. The van der Waals surface area contributed by atoms with Gasteiger partial charge in [0.25, 0.3) is 0 Å². The molecule has 1 N–H and O–H groups in total. The molecule has 1 saturated carbocycles. The number of hydrogen-bond acceptors (Lipinski definition) is 4. The third kappa shape index (κ3) is 4.20. The summed E-state index contributed by atoms with van der Waals surface area (Å²) in [6.07, 6.45) is 8.56. The normalized spacial score (nSPS) is 36.3. The summed E-state index contributed by atoms with van der Waals surface area (Å²) >= 11 is 0. The van der Waals surface area contributed by atoms with Crippen molar-refractivity contribution in [3.8, 4) is 0 Å². The monoisotopic (exact) mass is 317 g/mol. The number of nitrogens with one attached hydrogen (secondary N) is 1. The molecule has 2 rings (SSSR count). The minimum Gasteiger partial charge on any atom is -0.374 e. The standard InChI is InChI=1S/C16H31NO3S/c1-4-17-15(16(2)10-5-6-11-20-16)13-8-7-9-14(12-13)21(3,18)19/h13-15,17H,4-12H2,1-3H3. The van der Waals surface area contributed by atoms with Crippen molar-refractivity contribution in [1.82, 2.24) is 5.32 Å². The van der Waals surface area contributed by atoms with Crippen molar-refractivity contribution < 1.29 is 13.2 Å². The maximum Gasteiger partial charge on any atom is 0.150 e. The minimum absolute atomic E-state index is 0.141. The lowest BCUT2D eigenvalue weighted by molar-refractivity contribution is -0.103. The van der Waals surface area contributed by atoms with E-state index >= 15 is 0 Å². The molecule has 4 nitrogen and oxygen atoms in total. The van der Waals surface area contributed by atoms with Crippen molar-refractivity contribution in [2.45, 2.75) is 75.7 Å². The maximum atomic E-state index is 11.9. The highest BCUT2D eigenvalue weighted by Crippen LogP contribution is 2.38. The lowest BCUT2D eigenvalue weighted by atomic mass is 9.74. The summed E-state index contributed by atoms with van der Waals surface area (Å²) in [6.45, 7) is 6.07. The maximum absolute atomic E-state index is 11.9. The van der Waals surface area contributed by atoms with Crippen molar-refractivity contribution in [2.24, 2.45) is 5.92 Å². The predicted octanol–water partition coefficient (Wildman–Crippen LogP) is 2.53. The average molecular weight is 317 g/mol. The molecule has 2 aliphatic rings. The Morgan fingerprint density at radius 1 is 1.29 bits per heavy atom. The Labute approximate surface area is 129 Å². The van der Waals surface area contributed by atoms with Crippen LogP contribution < -0.4 is 5.32 Å². The molecule has 2 fully saturated rings. The molecule has 0 radical (unpaired) electrons. The van der Waals surface area contributed by atoms with Gasteiger partial charge < -0.3 is 10.1 Å². The van der Waals surface area contributed by atoms with Crippen molar-refractivity contribution >= 4 is 9.84 Å². The second-order valence-corrected chi connectivity index (χ2v) is 9.36. The molecule has 124 valence electrons. The molecule has 5 heteroatoms. The van der Waals surface area contributed by atoms with Crippen LogP contribution >= 0.6 is 0 Å². The Morgan fingerprint density at radius 2 is 2.05 bits per heavy atom. The van der Waals surface area contributed by atoms with Crippen LogP contribution in [0.25, 0.3) is 0 Å². The van der Waals surface area contributed by atoms with E-state index in [1.807, 2.05) is 0 Å². The molecule has 1 aliphatic heterocycles. The number of hydrogen-bond donors (Lipinski definition) is 1. The van der Waals surface area contributed by atoms with Crippen LogP contribution in [0.4, 0.5) is 0 Å². The highest BCUT2D eigenvalue weighted by molar-refractivity contribution is 7.91. The molecule has 1 aliphatic carbocycles. The van der Waals surface area contributed by atoms with E-state index in [0.717, 1.165) is 51.7 Å². The molecule has 1 heterocycles. The summed E-state index contributed by atoms with van der Waals surface area (Å²) in [4.78, 5) is 0. The molecular weight excluding hydrogens is 286 g/mol. The molecule has 4 unspecified atom stereocenters. The van der Waals surface area contributed by atoms with Crippen molar-refractivity contribution in [3.63, 3.8) is 0 Å². The topological polar surface area (TPSA) is 55.4 Å². The van der Waals surface area contributed by atoms with Gasteiger partial charge >= 0.3 is 0 Å². The van der Waals surface area contributed by atoms with Gasteiger partial charge in [0.05, 0.1) is 10.9 Å². The fourth-order valence-corrected chi connectivity index (χ4v) is 5.37. The van der Waals surface area contributed by atoms with E-state index in [2.05, 4.69) is 19.2 Å². The summed E-state index contributed by atoms with van der Waals surface area (Å²) < 4.78 is 30.0. The van der Waals surface area contributed by atoms with E-state index in [9.17, 15) is 8.42 Å². The van der Waals surface area contributed by atoms with Crippen LogP contribution in [0.2, 0.25) is 0 Å². The summed E-state index contributed by atoms with van der Waals surface area (Å²) in [5.74, 6) is 0.404. The first-order chi connectivity index (χ1) is 9.87. The molecule has 1 saturated heterocycles. The predicted molar refractivity (Wildman–Crippen MR) is 86.3 cm³/mol. The lowest BCUT2D eigenvalue weighted by Crippen LogP contribution is -2.57. The second kappa shape index (κ2) is 6.97. The van der Waals surface area contributed by atoms with Gasteiger partial charge in [-0.25, -0.2) is 8.42 Å². The zero-order valence-electron chi connectivity index (χ0n) is 13.7. The molecule has 0 spiro atoms. The van der Waals surface area contributed by atoms with Crippen LogP contribution in [-0.2, 0) is 14.6 Å². The van der Waals surface area contributed by atoms with Gasteiger partial charge in [0, 0.05) is 18.9 Å². The molecular formula is C16H31NO3S. The van der Waals surface area contributed by atoms with Gasteiger partial charge in [0.15, 0.2) is 0 Å². The lowest BCUT2D eigenvalue weighted by Gasteiger charge is -2.46. The van der Waals surface area contributed by atoms with E-state index in [1.54, 1.807) is 0 Å². The Balaban J connectivity index is 2.13. The van der Waals surface area contributed by atoms with Crippen LogP contribution in [-0.4, -0.2) is 44.7 Å². The molecule has 0 aromatic carbocycles. The fourth-order valence-electron chi connectivity index (χ4n) is 4.17. The molecule has 4 atom stereocenters. The van der Waals surface area contributed by atoms with Crippen LogP contribution in [0.1, 0.15) is 58.8 Å². The van der Waals surface area contributed by atoms with E-state index < -0.39 is 9.84 Å². The summed E-state index contributed by atoms with van der Waals surface area (Å²) in [5, 5.41) is 3.45. The first-order valence-corrected chi connectivity index (χ1v) is 10.4. The highest BCUT2D eigenvalue weighted by atomic mass is 32.2. The molecule has 0 amide bonds. The smallest absolute Gasteiger partial charge is 0.150 e. The fraction of sp³-hybridized carbons (Fsp3) is 1.00. The van der Waals surface area contributed by atoms with E-state index in [0.29, 0.717) is 5.92 Å². The first kappa shape index (κ1) is 17.2. The van der Waals surface area contributed by atoms with E-state index in [4.69, 9.17) is 4.74 Å². The van der Waals surface area contributed by atoms with Crippen molar-refractivity contribution in [3.05, 3.63) is 0 Å². The summed E-state index contributed by atoms with van der Waals surface area (Å²) in [5.41, 5.74) is -0.141.